The molecule has 0 unspecified atom stereocenters. The second-order valence-electron chi connectivity index (χ2n) is 11.8. The maximum Gasteiger partial charge on any atom is 0.186 e. The van der Waals surface area contributed by atoms with E-state index in [4.69, 9.17) is 9.47 Å². The molecule has 9 atom stereocenters. The van der Waals surface area contributed by atoms with Gasteiger partial charge in [0.2, 0.25) is 0 Å². The number of benzene rings is 1. The summed E-state index contributed by atoms with van der Waals surface area (Å²) in [6, 6.07) is 6.43. The van der Waals surface area contributed by atoms with Gasteiger partial charge in [0.15, 0.2) is 17.9 Å². The highest BCUT2D eigenvalue weighted by Gasteiger charge is 2.72. The van der Waals surface area contributed by atoms with E-state index in [1.807, 2.05) is 13.8 Å². The molecule has 2 saturated heterocycles. The van der Waals surface area contributed by atoms with Crippen molar-refractivity contribution in [2.75, 3.05) is 0 Å². The van der Waals surface area contributed by atoms with Gasteiger partial charge >= 0.3 is 0 Å². The summed E-state index contributed by atoms with van der Waals surface area (Å²) in [5, 5.41) is 21.8. The fraction of sp³-hybridized carbons (Fsp3) is 0.643. The minimum atomic E-state index is -1.60. The first-order valence-electron chi connectivity index (χ1n) is 12.6. The molecule has 0 spiro atoms. The van der Waals surface area contributed by atoms with Crippen molar-refractivity contribution in [3.05, 3.63) is 47.0 Å². The zero-order chi connectivity index (χ0) is 24.3. The van der Waals surface area contributed by atoms with Crippen LogP contribution in [0.4, 0.5) is 0 Å². The van der Waals surface area contributed by atoms with Crippen LogP contribution in [0.1, 0.15) is 81.9 Å². The normalized spacial score (nSPS) is 47.8. The second kappa shape index (κ2) is 6.88. The van der Waals surface area contributed by atoms with Crippen LogP contribution in [0.15, 0.2) is 30.4 Å². The quantitative estimate of drug-likeness (QED) is 0.649. The van der Waals surface area contributed by atoms with Gasteiger partial charge < -0.3 is 19.7 Å². The Morgan fingerprint density at radius 3 is 2.68 bits per heavy atom. The van der Waals surface area contributed by atoms with Crippen LogP contribution in [-0.2, 0) is 25.5 Å². The molecule has 6 heteroatoms. The Hall–Kier alpha value is -1.86. The van der Waals surface area contributed by atoms with Gasteiger partial charge in [-0.25, -0.2) is 0 Å². The second-order valence-corrected chi connectivity index (χ2v) is 11.8. The SMILES string of the molecule is C[C@@H](c1ccc2c(c1)CC[C@H]1[C@H]2CC(=O)[C@@]2(O)CC=CC(=O)[C@]12C)[C@H]1C[C@]2(C)O[C@]2(C)[C@H](O)O1. The number of ketones is 2. The average molecular weight is 467 g/mol. The van der Waals surface area contributed by atoms with E-state index < -0.39 is 22.9 Å². The minimum Gasteiger partial charge on any atom is -0.381 e. The smallest absolute Gasteiger partial charge is 0.186 e. The van der Waals surface area contributed by atoms with E-state index in [1.54, 1.807) is 19.1 Å². The molecule has 0 aromatic heterocycles. The molecule has 1 aromatic rings. The average Bonchev–Trinajstić information content (AvgIpc) is 3.38. The van der Waals surface area contributed by atoms with Crippen LogP contribution in [0.5, 0.6) is 0 Å². The Morgan fingerprint density at radius 1 is 1.18 bits per heavy atom. The Morgan fingerprint density at radius 2 is 1.94 bits per heavy atom. The van der Waals surface area contributed by atoms with Crippen LogP contribution in [0.2, 0.25) is 0 Å². The number of carbonyl (C=O) groups excluding carboxylic acids is 2. The fourth-order valence-corrected chi connectivity index (χ4v) is 7.58. The fourth-order valence-electron chi connectivity index (χ4n) is 7.58. The van der Waals surface area contributed by atoms with E-state index >= 15 is 0 Å². The molecule has 1 saturated carbocycles. The Bertz CT molecular complexity index is 1130. The summed E-state index contributed by atoms with van der Waals surface area (Å²) in [5.41, 5.74) is -0.179. The van der Waals surface area contributed by atoms with Crippen molar-refractivity contribution in [2.24, 2.45) is 11.3 Å². The van der Waals surface area contributed by atoms with Gasteiger partial charge in [0.05, 0.1) is 11.5 Å². The monoisotopic (exact) mass is 466 g/mol. The summed E-state index contributed by atoms with van der Waals surface area (Å²) in [7, 11) is 0. The van der Waals surface area contributed by atoms with Gasteiger partial charge in [-0.1, -0.05) is 31.2 Å². The molecule has 3 aliphatic carbocycles. The molecule has 2 heterocycles. The molecule has 2 N–H and O–H groups in total. The maximum absolute atomic E-state index is 13.2. The van der Waals surface area contributed by atoms with Gasteiger partial charge in [-0.05, 0) is 68.2 Å². The van der Waals surface area contributed by atoms with Crippen molar-refractivity contribution in [3.8, 4) is 0 Å². The molecular weight excluding hydrogens is 432 g/mol. The van der Waals surface area contributed by atoms with Crippen LogP contribution in [-0.4, -0.2) is 51.0 Å². The molecule has 5 aliphatic rings. The number of carbonyl (C=O) groups is 2. The van der Waals surface area contributed by atoms with Crippen LogP contribution in [0.25, 0.3) is 0 Å². The minimum absolute atomic E-state index is 0.0615. The van der Waals surface area contributed by atoms with Gasteiger partial charge in [0.1, 0.15) is 16.8 Å². The van der Waals surface area contributed by atoms with Crippen molar-refractivity contribution in [1.82, 2.24) is 0 Å². The van der Waals surface area contributed by atoms with E-state index in [0.717, 1.165) is 30.4 Å². The van der Waals surface area contributed by atoms with E-state index in [1.165, 1.54) is 5.56 Å². The number of aliphatic hydroxyl groups is 2. The molecule has 182 valence electrons. The Kier molecular flexibility index (Phi) is 4.57. The van der Waals surface area contributed by atoms with Crippen molar-refractivity contribution < 1.29 is 29.3 Å². The molecule has 0 radical (unpaired) electrons. The van der Waals surface area contributed by atoms with Gasteiger partial charge in [-0.2, -0.15) is 0 Å². The van der Waals surface area contributed by atoms with E-state index in [0.29, 0.717) is 0 Å². The number of fused-ring (bicyclic) bond motifs is 6. The zero-order valence-corrected chi connectivity index (χ0v) is 20.3. The maximum atomic E-state index is 13.2. The topological polar surface area (TPSA) is 96.4 Å². The molecule has 3 fully saturated rings. The van der Waals surface area contributed by atoms with Gasteiger partial charge in [0.25, 0.3) is 0 Å². The number of Topliss-reactive ketones (excluding diaryl/α,β-unsaturated/α-hetero) is 1. The number of aryl methyl sites for hydroxylation is 1. The number of rotatable bonds is 2. The first-order chi connectivity index (χ1) is 15.9. The summed E-state index contributed by atoms with van der Waals surface area (Å²) in [6.07, 6.45) is 4.90. The molecule has 6 rings (SSSR count). The largest absolute Gasteiger partial charge is 0.381 e. The predicted molar refractivity (Wildman–Crippen MR) is 124 cm³/mol. The highest BCUT2D eigenvalue weighted by Crippen LogP contribution is 2.60. The van der Waals surface area contributed by atoms with E-state index in [9.17, 15) is 19.8 Å². The van der Waals surface area contributed by atoms with Crippen LogP contribution in [0, 0.1) is 11.3 Å². The summed E-state index contributed by atoms with van der Waals surface area (Å²) in [4.78, 5) is 26.2. The number of hydrogen-bond donors (Lipinski definition) is 2. The number of ether oxygens (including phenoxy) is 2. The highest BCUT2D eigenvalue weighted by molar-refractivity contribution is 6.05. The van der Waals surface area contributed by atoms with Crippen molar-refractivity contribution >= 4 is 11.6 Å². The zero-order valence-electron chi connectivity index (χ0n) is 20.3. The molecule has 2 aliphatic heterocycles. The molecular formula is C28H34O6. The lowest BCUT2D eigenvalue weighted by Crippen LogP contribution is -2.65. The van der Waals surface area contributed by atoms with Crippen molar-refractivity contribution in [3.63, 3.8) is 0 Å². The summed E-state index contributed by atoms with van der Waals surface area (Å²) < 4.78 is 11.8. The van der Waals surface area contributed by atoms with Crippen LogP contribution >= 0.6 is 0 Å². The van der Waals surface area contributed by atoms with Gasteiger partial charge in [0, 0.05) is 25.2 Å². The number of allylic oxidation sites excluding steroid dienone is 1. The van der Waals surface area contributed by atoms with Crippen molar-refractivity contribution in [2.45, 2.75) is 101 Å². The third-order valence-corrected chi connectivity index (χ3v) is 10.3. The van der Waals surface area contributed by atoms with Crippen LogP contribution in [0.3, 0.4) is 0 Å². The molecule has 34 heavy (non-hydrogen) atoms. The lowest BCUT2D eigenvalue weighted by Gasteiger charge is -2.56. The lowest BCUT2D eigenvalue weighted by atomic mass is 9.47. The Labute approximate surface area is 200 Å². The van der Waals surface area contributed by atoms with Crippen LogP contribution < -0.4 is 0 Å². The molecule has 1 aromatic carbocycles. The number of epoxide rings is 1. The standard InChI is InChI=1S/C28H34O6/c1-15(21-14-25(2)27(4,34-25)24(31)33-21)16-7-9-18-17(12-16)8-10-20-19(18)13-23(30)28(32)11-5-6-22(29)26(20,28)3/h5-7,9,12,15,19-21,24,31-32H,8,10-11,13-14H2,1-4H3/t15-,19-,20-,21+,24+,25-,26-,27+,28-/m0/s1. The predicted octanol–water partition coefficient (Wildman–Crippen LogP) is 3.33. The highest BCUT2D eigenvalue weighted by atomic mass is 16.7. The molecule has 0 bridgehead atoms. The lowest BCUT2D eigenvalue weighted by molar-refractivity contribution is -0.187. The summed E-state index contributed by atoms with van der Waals surface area (Å²) in [5.74, 6) is -0.402. The Balaban J connectivity index is 1.30. The third-order valence-electron chi connectivity index (χ3n) is 10.3. The van der Waals surface area contributed by atoms with Crippen molar-refractivity contribution in [1.29, 1.82) is 0 Å². The van der Waals surface area contributed by atoms with E-state index in [2.05, 4.69) is 25.1 Å². The summed E-state index contributed by atoms with van der Waals surface area (Å²) in [6.45, 7) is 7.86. The van der Waals surface area contributed by atoms with E-state index in [-0.39, 0.29) is 53.9 Å². The van der Waals surface area contributed by atoms with Gasteiger partial charge in [-0.3, -0.25) is 9.59 Å². The summed E-state index contributed by atoms with van der Waals surface area (Å²) >= 11 is 0. The first-order valence-corrected chi connectivity index (χ1v) is 12.6. The number of hydrogen-bond acceptors (Lipinski definition) is 6. The first kappa shape index (κ1) is 22.6. The molecule has 0 amide bonds. The third kappa shape index (κ3) is 2.66. The number of aliphatic hydroxyl groups excluding tert-OH is 1. The van der Waals surface area contributed by atoms with Gasteiger partial charge in [-0.15, -0.1) is 0 Å². The molecule has 6 nitrogen and oxygen atoms in total.